The van der Waals surface area contributed by atoms with E-state index in [1.165, 1.54) is 27.3 Å². The van der Waals surface area contributed by atoms with Crippen molar-refractivity contribution in [1.29, 1.82) is 0 Å². The molecule has 4 nitrogen and oxygen atoms in total. The van der Waals surface area contributed by atoms with Gasteiger partial charge in [-0.05, 0) is 29.0 Å². The average molecular weight is 307 g/mol. The summed E-state index contributed by atoms with van der Waals surface area (Å²) in [5, 5.41) is 16.2. The molecule has 4 aromatic rings. The standard InChI is InChI=1S/C17H13N3OS/c1-11-14(12-5-3-2-4-6-12)10-22-16(11)13-9-19-20-15(21)7-8-18-17(13)20/h2-10,21H,1H3. The molecule has 0 aliphatic carbocycles. The molecule has 4 rings (SSSR count). The lowest BCUT2D eigenvalue weighted by Gasteiger charge is -2.02. The fourth-order valence-electron chi connectivity index (χ4n) is 2.62. The predicted molar refractivity (Wildman–Crippen MR) is 88.1 cm³/mol. The third-order valence-corrected chi connectivity index (χ3v) is 4.87. The second-order valence-electron chi connectivity index (χ2n) is 5.07. The zero-order chi connectivity index (χ0) is 15.1. The monoisotopic (exact) mass is 307 g/mol. The molecule has 22 heavy (non-hydrogen) atoms. The second-order valence-corrected chi connectivity index (χ2v) is 5.95. The second kappa shape index (κ2) is 4.96. The van der Waals surface area contributed by atoms with Crippen LogP contribution in [-0.2, 0) is 0 Å². The first-order valence-electron chi connectivity index (χ1n) is 6.91. The summed E-state index contributed by atoms with van der Waals surface area (Å²) in [7, 11) is 0. The molecule has 0 radical (unpaired) electrons. The minimum absolute atomic E-state index is 0.0914. The van der Waals surface area contributed by atoms with Gasteiger partial charge in [0.05, 0.1) is 11.8 Å². The van der Waals surface area contributed by atoms with Crippen LogP contribution in [0.15, 0.2) is 54.2 Å². The van der Waals surface area contributed by atoms with Crippen LogP contribution in [0.3, 0.4) is 0 Å². The van der Waals surface area contributed by atoms with Crippen LogP contribution in [0.25, 0.3) is 27.2 Å². The summed E-state index contributed by atoms with van der Waals surface area (Å²) in [6.07, 6.45) is 3.35. The Kier molecular flexibility index (Phi) is 2.94. The Hall–Kier alpha value is -2.66. The van der Waals surface area contributed by atoms with E-state index in [9.17, 15) is 5.11 Å². The topological polar surface area (TPSA) is 50.4 Å². The maximum absolute atomic E-state index is 9.85. The van der Waals surface area contributed by atoms with Gasteiger partial charge in [0, 0.05) is 17.1 Å². The van der Waals surface area contributed by atoms with Gasteiger partial charge in [0.2, 0.25) is 5.88 Å². The molecule has 0 atom stereocenters. The van der Waals surface area contributed by atoms with Crippen LogP contribution in [0.4, 0.5) is 0 Å². The number of rotatable bonds is 2. The van der Waals surface area contributed by atoms with Crippen LogP contribution in [0.2, 0.25) is 0 Å². The summed E-state index contributed by atoms with van der Waals surface area (Å²) in [6, 6.07) is 11.9. The third-order valence-electron chi connectivity index (χ3n) is 3.75. The molecular weight excluding hydrogens is 294 g/mol. The number of aromatic hydroxyl groups is 1. The fourth-order valence-corrected chi connectivity index (χ4v) is 3.73. The Morgan fingerprint density at radius 1 is 1.09 bits per heavy atom. The van der Waals surface area contributed by atoms with Gasteiger partial charge in [0.1, 0.15) is 0 Å². The molecule has 3 heterocycles. The van der Waals surface area contributed by atoms with E-state index in [-0.39, 0.29) is 5.88 Å². The van der Waals surface area contributed by atoms with Crippen LogP contribution < -0.4 is 0 Å². The van der Waals surface area contributed by atoms with Crippen molar-refractivity contribution < 1.29 is 5.11 Å². The fraction of sp³-hybridized carbons (Fsp3) is 0.0588. The van der Waals surface area contributed by atoms with E-state index < -0.39 is 0 Å². The first-order chi connectivity index (χ1) is 10.8. The van der Waals surface area contributed by atoms with E-state index in [1.54, 1.807) is 23.7 Å². The van der Waals surface area contributed by atoms with E-state index in [1.807, 2.05) is 18.2 Å². The van der Waals surface area contributed by atoms with E-state index in [4.69, 9.17) is 0 Å². The quantitative estimate of drug-likeness (QED) is 0.605. The molecule has 0 unspecified atom stereocenters. The average Bonchev–Trinajstić information content (AvgIpc) is 3.12. The zero-order valence-electron chi connectivity index (χ0n) is 11.9. The maximum atomic E-state index is 9.85. The lowest BCUT2D eigenvalue weighted by Crippen LogP contribution is -1.90. The van der Waals surface area contributed by atoms with Crippen molar-refractivity contribution in [3.05, 3.63) is 59.7 Å². The summed E-state index contributed by atoms with van der Waals surface area (Å²) in [5.74, 6) is 0.0914. The molecule has 5 heteroatoms. The number of nitrogens with zero attached hydrogens (tertiary/aromatic N) is 3. The molecule has 0 spiro atoms. The Labute approximate surface area is 131 Å². The Bertz CT molecular complexity index is 957. The lowest BCUT2D eigenvalue weighted by molar-refractivity contribution is 0.435. The van der Waals surface area contributed by atoms with E-state index in [2.05, 4.69) is 34.5 Å². The van der Waals surface area contributed by atoms with Crippen molar-refractivity contribution in [2.24, 2.45) is 0 Å². The maximum Gasteiger partial charge on any atom is 0.215 e. The van der Waals surface area contributed by atoms with Crippen LogP contribution in [0.1, 0.15) is 5.56 Å². The van der Waals surface area contributed by atoms with Crippen molar-refractivity contribution in [3.63, 3.8) is 0 Å². The number of aromatic nitrogens is 3. The molecular formula is C17H13N3OS. The van der Waals surface area contributed by atoms with Gasteiger partial charge >= 0.3 is 0 Å². The minimum Gasteiger partial charge on any atom is -0.493 e. The third kappa shape index (κ3) is 1.90. The van der Waals surface area contributed by atoms with E-state index in [0.717, 1.165) is 10.4 Å². The lowest BCUT2D eigenvalue weighted by atomic mass is 10.0. The van der Waals surface area contributed by atoms with Crippen molar-refractivity contribution in [2.75, 3.05) is 0 Å². The number of thiophene rings is 1. The molecule has 3 aromatic heterocycles. The molecule has 0 amide bonds. The van der Waals surface area contributed by atoms with Gasteiger partial charge in [-0.1, -0.05) is 30.3 Å². The highest BCUT2D eigenvalue weighted by molar-refractivity contribution is 7.14. The van der Waals surface area contributed by atoms with Crippen molar-refractivity contribution in [3.8, 4) is 27.4 Å². The summed E-state index contributed by atoms with van der Waals surface area (Å²) in [4.78, 5) is 5.48. The summed E-state index contributed by atoms with van der Waals surface area (Å²) in [6.45, 7) is 2.11. The van der Waals surface area contributed by atoms with Crippen molar-refractivity contribution in [1.82, 2.24) is 14.6 Å². The minimum atomic E-state index is 0.0914. The van der Waals surface area contributed by atoms with Crippen LogP contribution in [0.5, 0.6) is 5.88 Å². The first kappa shape index (κ1) is 13.0. The largest absolute Gasteiger partial charge is 0.493 e. The summed E-state index contributed by atoms with van der Waals surface area (Å²) in [5.41, 5.74) is 5.25. The molecule has 0 fully saturated rings. The van der Waals surface area contributed by atoms with Crippen LogP contribution in [-0.4, -0.2) is 19.7 Å². The van der Waals surface area contributed by atoms with Crippen molar-refractivity contribution >= 4 is 17.0 Å². The normalized spacial score (nSPS) is 11.1. The highest BCUT2D eigenvalue weighted by Crippen LogP contribution is 2.39. The molecule has 0 saturated heterocycles. The highest BCUT2D eigenvalue weighted by atomic mass is 32.1. The Morgan fingerprint density at radius 3 is 2.73 bits per heavy atom. The van der Waals surface area contributed by atoms with Gasteiger partial charge in [0.25, 0.3) is 0 Å². The smallest absolute Gasteiger partial charge is 0.215 e. The molecule has 0 aliphatic heterocycles. The number of fused-ring (bicyclic) bond motifs is 1. The Balaban J connectivity index is 1.90. The van der Waals surface area contributed by atoms with Gasteiger partial charge in [-0.25, -0.2) is 4.98 Å². The molecule has 1 N–H and O–H groups in total. The SMILES string of the molecule is Cc1c(-c2ccccc2)csc1-c1cnn2c(O)ccnc12. The van der Waals surface area contributed by atoms with E-state index in [0.29, 0.717) is 5.65 Å². The summed E-state index contributed by atoms with van der Waals surface area (Å²) < 4.78 is 1.46. The number of benzene rings is 1. The van der Waals surface area contributed by atoms with Gasteiger partial charge < -0.3 is 5.11 Å². The molecule has 0 saturated carbocycles. The van der Waals surface area contributed by atoms with E-state index >= 15 is 0 Å². The van der Waals surface area contributed by atoms with Crippen LogP contribution >= 0.6 is 11.3 Å². The molecule has 0 aliphatic rings. The first-order valence-corrected chi connectivity index (χ1v) is 7.79. The van der Waals surface area contributed by atoms with Crippen molar-refractivity contribution in [2.45, 2.75) is 6.92 Å². The van der Waals surface area contributed by atoms with Gasteiger partial charge in [0.15, 0.2) is 5.65 Å². The zero-order valence-corrected chi connectivity index (χ0v) is 12.7. The summed E-state index contributed by atoms with van der Waals surface area (Å²) >= 11 is 1.67. The number of hydrogen-bond donors (Lipinski definition) is 1. The van der Waals surface area contributed by atoms with Gasteiger partial charge in [-0.2, -0.15) is 9.61 Å². The number of hydrogen-bond acceptors (Lipinski definition) is 4. The predicted octanol–water partition coefficient (Wildman–Crippen LogP) is 4.14. The molecule has 0 bridgehead atoms. The van der Waals surface area contributed by atoms with Crippen LogP contribution in [0, 0.1) is 6.92 Å². The molecule has 1 aromatic carbocycles. The van der Waals surface area contributed by atoms with Gasteiger partial charge in [-0.15, -0.1) is 11.3 Å². The highest BCUT2D eigenvalue weighted by Gasteiger charge is 2.16. The Morgan fingerprint density at radius 2 is 1.91 bits per heavy atom. The molecule has 108 valence electrons. The van der Waals surface area contributed by atoms with Gasteiger partial charge in [-0.3, -0.25) is 0 Å².